The molecule has 0 amide bonds. The van der Waals surface area contributed by atoms with Crippen LogP contribution in [-0.2, 0) is 14.6 Å². The number of nitrogens with two attached hydrogens (primary N) is 1. The Labute approximate surface area is 91.3 Å². The fourth-order valence-corrected chi connectivity index (χ4v) is 2.53. The van der Waals surface area contributed by atoms with Crippen LogP contribution in [0.3, 0.4) is 0 Å². The van der Waals surface area contributed by atoms with Crippen LogP contribution in [0.2, 0.25) is 0 Å². The van der Waals surface area contributed by atoms with E-state index in [4.69, 9.17) is 10.6 Å². The van der Waals surface area contributed by atoms with Gasteiger partial charge < -0.3 is 4.74 Å². The molecule has 6 heteroatoms. The summed E-state index contributed by atoms with van der Waals surface area (Å²) in [4.78, 5) is 0. The molecule has 1 aliphatic heterocycles. The highest BCUT2D eigenvalue weighted by molar-refractivity contribution is 7.90. The second-order valence-corrected chi connectivity index (χ2v) is 6.51. The fraction of sp³-hybridized carbons (Fsp3) is 1.00. The van der Waals surface area contributed by atoms with Crippen LogP contribution in [0.4, 0.5) is 0 Å². The van der Waals surface area contributed by atoms with Crippen molar-refractivity contribution >= 4 is 9.84 Å². The first-order valence-corrected chi connectivity index (χ1v) is 7.27. The molecule has 3 N–H and O–H groups in total. The van der Waals surface area contributed by atoms with Gasteiger partial charge in [0.15, 0.2) is 0 Å². The highest BCUT2D eigenvalue weighted by Gasteiger charge is 2.29. The molecule has 1 saturated heterocycles. The van der Waals surface area contributed by atoms with E-state index < -0.39 is 9.84 Å². The summed E-state index contributed by atoms with van der Waals surface area (Å²) in [6.07, 6.45) is 4.00. The van der Waals surface area contributed by atoms with Crippen molar-refractivity contribution < 1.29 is 13.2 Å². The average molecular weight is 236 g/mol. The zero-order valence-electron chi connectivity index (χ0n) is 9.27. The molecule has 0 saturated carbocycles. The van der Waals surface area contributed by atoms with Crippen molar-refractivity contribution in [2.24, 2.45) is 5.84 Å². The summed E-state index contributed by atoms with van der Waals surface area (Å²) in [6.45, 7) is 2.02. The number of hydrazine groups is 1. The van der Waals surface area contributed by atoms with Gasteiger partial charge in [0.1, 0.15) is 9.84 Å². The van der Waals surface area contributed by atoms with Crippen LogP contribution in [0.15, 0.2) is 0 Å². The van der Waals surface area contributed by atoms with E-state index in [0.717, 1.165) is 12.8 Å². The first-order chi connectivity index (χ1) is 6.92. The van der Waals surface area contributed by atoms with E-state index in [9.17, 15) is 8.42 Å². The van der Waals surface area contributed by atoms with Gasteiger partial charge in [0.2, 0.25) is 0 Å². The van der Waals surface area contributed by atoms with E-state index >= 15 is 0 Å². The average Bonchev–Trinajstić information content (AvgIpc) is 2.51. The third-order valence-electron chi connectivity index (χ3n) is 2.73. The molecule has 3 unspecified atom stereocenters. The molecule has 3 atom stereocenters. The number of ether oxygens (including phenoxy) is 1. The molecular weight excluding hydrogens is 216 g/mol. The van der Waals surface area contributed by atoms with Gasteiger partial charge in [-0.1, -0.05) is 0 Å². The topological polar surface area (TPSA) is 81.4 Å². The predicted octanol–water partition coefficient (Wildman–Crippen LogP) is -0.179. The van der Waals surface area contributed by atoms with Gasteiger partial charge in [-0.05, 0) is 26.2 Å². The zero-order valence-corrected chi connectivity index (χ0v) is 10.1. The molecule has 1 heterocycles. The van der Waals surface area contributed by atoms with Crippen molar-refractivity contribution in [1.82, 2.24) is 5.43 Å². The normalized spacial score (nSPS) is 29.3. The van der Waals surface area contributed by atoms with Crippen LogP contribution in [-0.4, -0.2) is 38.7 Å². The van der Waals surface area contributed by atoms with Crippen LogP contribution in [0.5, 0.6) is 0 Å². The summed E-state index contributed by atoms with van der Waals surface area (Å²) in [5, 5.41) is 0. The standard InChI is InChI=1S/C9H20N2O3S/c1-7-3-4-9(14-7)8(11-10)5-6-15(2,12)13/h7-9,11H,3-6,10H2,1-2H3. The summed E-state index contributed by atoms with van der Waals surface area (Å²) in [6, 6.07) is -0.0651. The molecule has 0 radical (unpaired) electrons. The molecule has 5 nitrogen and oxygen atoms in total. The van der Waals surface area contributed by atoms with Crippen molar-refractivity contribution in [2.75, 3.05) is 12.0 Å². The van der Waals surface area contributed by atoms with Crippen LogP contribution in [0.25, 0.3) is 0 Å². The van der Waals surface area contributed by atoms with E-state index in [2.05, 4.69) is 5.43 Å². The Hall–Kier alpha value is -0.170. The van der Waals surface area contributed by atoms with Crippen molar-refractivity contribution in [2.45, 2.75) is 44.4 Å². The number of sulfone groups is 1. The minimum absolute atomic E-state index is 0.0479. The predicted molar refractivity (Wildman–Crippen MR) is 59.0 cm³/mol. The van der Waals surface area contributed by atoms with Crippen LogP contribution >= 0.6 is 0 Å². The van der Waals surface area contributed by atoms with Crippen molar-refractivity contribution in [1.29, 1.82) is 0 Å². The maximum absolute atomic E-state index is 11.0. The van der Waals surface area contributed by atoms with Crippen molar-refractivity contribution in [3.05, 3.63) is 0 Å². The number of nitrogens with one attached hydrogen (secondary N) is 1. The number of rotatable bonds is 5. The van der Waals surface area contributed by atoms with E-state index in [-0.39, 0.29) is 24.0 Å². The van der Waals surface area contributed by atoms with Gasteiger partial charge in [-0.25, -0.2) is 8.42 Å². The number of hydrogen-bond donors (Lipinski definition) is 2. The molecule has 1 rings (SSSR count). The zero-order chi connectivity index (χ0) is 11.5. The Morgan fingerprint density at radius 2 is 2.20 bits per heavy atom. The monoisotopic (exact) mass is 236 g/mol. The molecule has 15 heavy (non-hydrogen) atoms. The van der Waals surface area contributed by atoms with Crippen molar-refractivity contribution in [3.8, 4) is 0 Å². The molecule has 1 aliphatic rings. The SMILES string of the molecule is CC1CCC(C(CCS(C)(=O)=O)NN)O1. The maximum Gasteiger partial charge on any atom is 0.147 e. The quantitative estimate of drug-likeness (QED) is 0.511. The summed E-state index contributed by atoms with van der Waals surface area (Å²) in [7, 11) is -2.92. The van der Waals surface area contributed by atoms with E-state index in [1.165, 1.54) is 6.26 Å². The van der Waals surface area contributed by atoms with Gasteiger partial charge in [0.25, 0.3) is 0 Å². The molecule has 1 fully saturated rings. The van der Waals surface area contributed by atoms with Crippen molar-refractivity contribution in [3.63, 3.8) is 0 Å². The minimum Gasteiger partial charge on any atom is -0.374 e. The molecule has 0 aromatic rings. The van der Waals surface area contributed by atoms with Gasteiger partial charge in [-0.2, -0.15) is 0 Å². The van der Waals surface area contributed by atoms with Gasteiger partial charge in [0, 0.05) is 12.3 Å². The molecule has 0 aliphatic carbocycles. The molecule has 0 bridgehead atoms. The summed E-state index contributed by atoms with van der Waals surface area (Å²) in [5.74, 6) is 5.55. The molecule has 0 spiro atoms. The largest absolute Gasteiger partial charge is 0.374 e. The second-order valence-electron chi connectivity index (χ2n) is 4.25. The van der Waals surface area contributed by atoms with Crippen LogP contribution < -0.4 is 11.3 Å². The van der Waals surface area contributed by atoms with E-state index in [0.29, 0.717) is 6.42 Å². The highest BCUT2D eigenvalue weighted by atomic mass is 32.2. The first-order valence-electron chi connectivity index (χ1n) is 5.21. The van der Waals surface area contributed by atoms with Crippen LogP contribution in [0, 0.1) is 0 Å². The lowest BCUT2D eigenvalue weighted by molar-refractivity contribution is 0.0313. The van der Waals surface area contributed by atoms with E-state index in [1.54, 1.807) is 0 Å². The summed E-state index contributed by atoms with van der Waals surface area (Å²) >= 11 is 0. The molecular formula is C9H20N2O3S. The Kier molecular flexibility index (Phi) is 4.51. The smallest absolute Gasteiger partial charge is 0.147 e. The Bertz CT molecular complexity index is 292. The molecule has 0 aromatic carbocycles. The Morgan fingerprint density at radius 3 is 2.60 bits per heavy atom. The number of hydrogen-bond acceptors (Lipinski definition) is 5. The highest BCUT2D eigenvalue weighted by Crippen LogP contribution is 2.22. The van der Waals surface area contributed by atoms with E-state index in [1.807, 2.05) is 6.92 Å². The van der Waals surface area contributed by atoms with Gasteiger partial charge in [-0.15, -0.1) is 0 Å². The third kappa shape index (κ3) is 4.46. The summed E-state index contributed by atoms with van der Waals surface area (Å²) in [5.41, 5.74) is 2.65. The Balaban J connectivity index is 2.42. The lowest BCUT2D eigenvalue weighted by Gasteiger charge is -2.22. The first kappa shape index (κ1) is 12.9. The summed E-state index contributed by atoms with van der Waals surface area (Å²) < 4.78 is 27.7. The maximum atomic E-state index is 11.0. The second kappa shape index (κ2) is 5.25. The van der Waals surface area contributed by atoms with Gasteiger partial charge >= 0.3 is 0 Å². The lowest BCUT2D eigenvalue weighted by Crippen LogP contribution is -2.45. The van der Waals surface area contributed by atoms with Gasteiger partial charge in [-0.3, -0.25) is 11.3 Å². The third-order valence-corrected chi connectivity index (χ3v) is 3.70. The molecule has 90 valence electrons. The van der Waals surface area contributed by atoms with Gasteiger partial charge in [0.05, 0.1) is 18.0 Å². The Morgan fingerprint density at radius 1 is 1.53 bits per heavy atom. The fourth-order valence-electron chi connectivity index (χ4n) is 1.85. The van der Waals surface area contributed by atoms with Crippen LogP contribution in [0.1, 0.15) is 26.2 Å². The lowest BCUT2D eigenvalue weighted by atomic mass is 10.1. The minimum atomic E-state index is -2.92. The molecule has 0 aromatic heterocycles.